The number of ether oxygens (including phenoxy) is 3. The molecule has 0 fully saturated rings. The molecule has 0 bridgehead atoms. The Bertz CT molecular complexity index is 1020. The van der Waals surface area contributed by atoms with E-state index in [1.165, 1.54) is 218 Å². The molecule has 0 N–H and O–H groups in total. The van der Waals surface area contributed by atoms with Crippen molar-refractivity contribution in [3.8, 4) is 0 Å². The Morgan fingerprint density at radius 3 is 1.08 bits per heavy atom. The van der Waals surface area contributed by atoms with Crippen molar-refractivity contribution in [1.29, 1.82) is 0 Å². The van der Waals surface area contributed by atoms with E-state index in [0.717, 1.165) is 51.4 Å². The molecule has 0 aromatic rings. The van der Waals surface area contributed by atoms with Crippen LogP contribution in [0.1, 0.15) is 303 Å². The van der Waals surface area contributed by atoms with Crippen LogP contribution in [-0.4, -0.2) is 37.9 Å². The van der Waals surface area contributed by atoms with Gasteiger partial charge in [0, 0.05) is 19.4 Å². The van der Waals surface area contributed by atoms with Crippen molar-refractivity contribution >= 4 is 11.9 Å². The van der Waals surface area contributed by atoms with Crippen molar-refractivity contribution < 1.29 is 23.8 Å². The Balaban J connectivity index is 4.26. The van der Waals surface area contributed by atoms with Gasteiger partial charge in [0.15, 0.2) is 6.10 Å². The van der Waals surface area contributed by atoms with Gasteiger partial charge in [0.2, 0.25) is 0 Å². The highest BCUT2D eigenvalue weighted by Crippen LogP contribution is 2.16. The van der Waals surface area contributed by atoms with E-state index in [0.29, 0.717) is 19.4 Å². The second kappa shape index (κ2) is 55.4. The number of allylic oxidation sites excluding steroid dienone is 6. The van der Waals surface area contributed by atoms with Crippen molar-refractivity contribution in [1.82, 2.24) is 0 Å². The molecule has 0 aromatic heterocycles. The Morgan fingerprint density at radius 1 is 0.344 bits per heavy atom. The SMILES string of the molecule is CCCCC/C=C\C/C=C\CCCCCCCC(=O)OC(COCCCCCCCCCCCCCCCCCC)COC(=O)CCCCCCCCC/C=C\CCCCCCCC. The normalized spacial score (nSPS) is 12.4. The first-order valence-electron chi connectivity index (χ1n) is 28.5. The lowest BCUT2D eigenvalue weighted by atomic mass is 10.0. The molecule has 5 nitrogen and oxygen atoms in total. The molecule has 5 heteroatoms. The van der Waals surface area contributed by atoms with E-state index < -0.39 is 6.10 Å². The summed E-state index contributed by atoms with van der Waals surface area (Å²) < 4.78 is 17.5. The van der Waals surface area contributed by atoms with E-state index in [1.54, 1.807) is 0 Å². The predicted octanol–water partition coefficient (Wildman–Crippen LogP) is 19.4. The summed E-state index contributed by atoms with van der Waals surface area (Å²) >= 11 is 0. The molecule has 0 aromatic carbocycles. The second-order valence-electron chi connectivity index (χ2n) is 19.2. The molecule has 0 heterocycles. The lowest BCUT2D eigenvalue weighted by Crippen LogP contribution is -2.30. The fourth-order valence-electron chi connectivity index (χ4n) is 8.36. The highest BCUT2D eigenvalue weighted by atomic mass is 16.6. The van der Waals surface area contributed by atoms with Gasteiger partial charge in [-0.2, -0.15) is 0 Å². The van der Waals surface area contributed by atoms with Crippen LogP contribution in [0.4, 0.5) is 0 Å². The highest BCUT2D eigenvalue weighted by molar-refractivity contribution is 5.70. The van der Waals surface area contributed by atoms with Gasteiger partial charge < -0.3 is 14.2 Å². The van der Waals surface area contributed by atoms with Gasteiger partial charge >= 0.3 is 11.9 Å². The number of esters is 2. The number of rotatable bonds is 53. The molecule has 1 atom stereocenters. The second-order valence-corrected chi connectivity index (χ2v) is 19.2. The fraction of sp³-hybridized carbons (Fsp3) is 0.864. The van der Waals surface area contributed by atoms with Crippen LogP contribution >= 0.6 is 0 Å². The average molecular weight is 900 g/mol. The zero-order valence-corrected chi connectivity index (χ0v) is 43.3. The average Bonchev–Trinajstić information content (AvgIpc) is 3.30. The summed E-state index contributed by atoms with van der Waals surface area (Å²) in [5.41, 5.74) is 0. The number of carbonyl (C=O) groups excluding carboxylic acids is 2. The number of hydrogen-bond donors (Lipinski definition) is 0. The molecule has 0 saturated heterocycles. The Morgan fingerprint density at radius 2 is 0.656 bits per heavy atom. The Hall–Kier alpha value is -1.88. The maximum Gasteiger partial charge on any atom is 0.306 e. The van der Waals surface area contributed by atoms with Crippen LogP contribution in [0.3, 0.4) is 0 Å². The zero-order chi connectivity index (χ0) is 46.3. The molecule has 0 spiro atoms. The molecule has 0 radical (unpaired) electrons. The zero-order valence-electron chi connectivity index (χ0n) is 43.3. The van der Waals surface area contributed by atoms with Crippen LogP contribution in [-0.2, 0) is 23.8 Å². The summed E-state index contributed by atoms with van der Waals surface area (Å²) in [6, 6.07) is 0. The molecule has 0 aliphatic carbocycles. The van der Waals surface area contributed by atoms with E-state index in [4.69, 9.17) is 14.2 Å². The lowest BCUT2D eigenvalue weighted by molar-refractivity contribution is -0.163. The van der Waals surface area contributed by atoms with Gasteiger partial charge in [-0.15, -0.1) is 0 Å². The predicted molar refractivity (Wildman–Crippen MR) is 279 cm³/mol. The van der Waals surface area contributed by atoms with Crippen LogP contribution in [0.5, 0.6) is 0 Å². The van der Waals surface area contributed by atoms with E-state index in [-0.39, 0.29) is 25.2 Å². The van der Waals surface area contributed by atoms with Crippen molar-refractivity contribution in [3.05, 3.63) is 36.5 Å². The quantitative estimate of drug-likeness (QED) is 0.0346. The first-order valence-corrected chi connectivity index (χ1v) is 28.5. The Labute approximate surface area is 400 Å². The van der Waals surface area contributed by atoms with Gasteiger partial charge in [-0.1, -0.05) is 250 Å². The van der Waals surface area contributed by atoms with E-state index in [1.807, 2.05) is 0 Å². The number of hydrogen-bond acceptors (Lipinski definition) is 5. The molecule has 0 aliphatic heterocycles. The van der Waals surface area contributed by atoms with Crippen molar-refractivity contribution in [3.63, 3.8) is 0 Å². The molecule has 376 valence electrons. The van der Waals surface area contributed by atoms with Gasteiger partial charge in [0.05, 0.1) is 6.61 Å². The van der Waals surface area contributed by atoms with Gasteiger partial charge in [-0.25, -0.2) is 0 Å². The molecule has 0 rings (SSSR count). The maximum atomic E-state index is 12.8. The number of unbranched alkanes of at least 4 members (excludes halogenated alkanes) is 36. The first kappa shape index (κ1) is 62.1. The summed E-state index contributed by atoms with van der Waals surface area (Å²) in [6.07, 6.45) is 67.3. The van der Waals surface area contributed by atoms with Gasteiger partial charge in [0.25, 0.3) is 0 Å². The minimum atomic E-state index is -0.541. The van der Waals surface area contributed by atoms with Gasteiger partial charge in [-0.05, 0) is 77.0 Å². The fourth-order valence-corrected chi connectivity index (χ4v) is 8.36. The van der Waals surface area contributed by atoms with E-state index in [2.05, 4.69) is 57.2 Å². The third-order valence-corrected chi connectivity index (χ3v) is 12.6. The van der Waals surface area contributed by atoms with Gasteiger partial charge in [0.1, 0.15) is 6.61 Å². The van der Waals surface area contributed by atoms with Crippen molar-refractivity contribution in [2.24, 2.45) is 0 Å². The largest absolute Gasteiger partial charge is 0.462 e. The topological polar surface area (TPSA) is 61.8 Å². The minimum absolute atomic E-state index is 0.0824. The van der Waals surface area contributed by atoms with Crippen molar-refractivity contribution in [2.75, 3.05) is 19.8 Å². The molecular weight excluding hydrogens is 789 g/mol. The van der Waals surface area contributed by atoms with Crippen LogP contribution in [0, 0.1) is 0 Å². The van der Waals surface area contributed by atoms with Crippen molar-refractivity contribution in [2.45, 2.75) is 309 Å². The maximum absolute atomic E-state index is 12.8. The third kappa shape index (κ3) is 52.7. The summed E-state index contributed by atoms with van der Waals surface area (Å²) in [4.78, 5) is 25.5. The molecule has 1 unspecified atom stereocenters. The van der Waals surface area contributed by atoms with Crippen LogP contribution in [0.25, 0.3) is 0 Å². The standard InChI is InChI=1S/C59H110O5/c1-4-7-10-13-16-19-22-25-28-30-32-34-37-40-43-46-49-52-58(60)63-56-57(55-62-54-51-48-45-42-39-36-33-29-26-23-20-17-14-11-8-5-2)64-59(61)53-50-47-44-41-38-35-31-27-24-21-18-15-12-9-6-3/h18,21,25,27-28,31,57H,4-17,19-20,22-24,26,29-30,32-56H2,1-3H3/b21-18-,28-25-,31-27-. The molecular formula is C59H110O5. The van der Waals surface area contributed by atoms with Crippen LogP contribution < -0.4 is 0 Å². The Kier molecular flexibility index (Phi) is 53.8. The lowest BCUT2D eigenvalue weighted by Gasteiger charge is -2.18. The molecule has 0 saturated carbocycles. The smallest absolute Gasteiger partial charge is 0.306 e. The summed E-state index contributed by atoms with van der Waals surface area (Å²) in [5, 5.41) is 0. The number of carbonyl (C=O) groups is 2. The summed E-state index contributed by atoms with van der Waals surface area (Å²) in [5.74, 6) is -0.401. The first-order chi connectivity index (χ1) is 31.6. The third-order valence-electron chi connectivity index (χ3n) is 12.6. The molecule has 64 heavy (non-hydrogen) atoms. The minimum Gasteiger partial charge on any atom is -0.462 e. The van der Waals surface area contributed by atoms with E-state index >= 15 is 0 Å². The molecule has 0 aliphatic rings. The monoisotopic (exact) mass is 899 g/mol. The van der Waals surface area contributed by atoms with E-state index in [9.17, 15) is 9.59 Å². The summed E-state index contributed by atoms with van der Waals surface area (Å²) in [7, 11) is 0. The summed E-state index contributed by atoms with van der Waals surface area (Å²) in [6.45, 7) is 7.84. The van der Waals surface area contributed by atoms with Crippen LogP contribution in [0.15, 0.2) is 36.5 Å². The van der Waals surface area contributed by atoms with Crippen LogP contribution in [0.2, 0.25) is 0 Å². The highest BCUT2D eigenvalue weighted by Gasteiger charge is 2.17. The van der Waals surface area contributed by atoms with Gasteiger partial charge in [-0.3, -0.25) is 9.59 Å². The molecule has 0 amide bonds.